The molecule has 2 rings (SSSR count). The summed E-state index contributed by atoms with van der Waals surface area (Å²) in [5, 5.41) is 0. The van der Waals surface area contributed by atoms with Crippen LogP contribution in [0, 0.1) is 11.6 Å². The Morgan fingerprint density at radius 1 is 1.14 bits per heavy atom. The SMILES string of the molecule is CCC(N)C(Oc1cccc(F)c1F)c1ccccc1Br. The molecule has 0 spiro atoms. The van der Waals surface area contributed by atoms with E-state index in [0.29, 0.717) is 6.42 Å². The number of nitrogens with two attached hydrogens (primary N) is 1. The molecule has 2 aromatic carbocycles. The molecule has 0 aromatic heterocycles. The molecule has 0 fully saturated rings. The lowest BCUT2D eigenvalue weighted by Gasteiger charge is -2.25. The molecule has 2 atom stereocenters. The number of hydrogen-bond acceptors (Lipinski definition) is 2. The van der Waals surface area contributed by atoms with E-state index in [0.717, 1.165) is 16.1 Å². The second-order valence-corrected chi connectivity index (χ2v) is 5.54. The van der Waals surface area contributed by atoms with Crippen LogP contribution in [0.1, 0.15) is 25.0 Å². The van der Waals surface area contributed by atoms with E-state index >= 15 is 0 Å². The van der Waals surface area contributed by atoms with Crippen molar-refractivity contribution in [2.45, 2.75) is 25.5 Å². The van der Waals surface area contributed by atoms with Gasteiger partial charge < -0.3 is 10.5 Å². The van der Waals surface area contributed by atoms with E-state index in [-0.39, 0.29) is 11.8 Å². The monoisotopic (exact) mass is 355 g/mol. The predicted octanol–water partition coefficient (Wildman–Crippen LogP) is 4.58. The fraction of sp³-hybridized carbons (Fsp3) is 0.250. The van der Waals surface area contributed by atoms with Crippen LogP contribution in [0.15, 0.2) is 46.9 Å². The van der Waals surface area contributed by atoms with Crippen LogP contribution >= 0.6 is 15.9 Å². The zero-order valence-electron chi connectivity index (χ0n) is 11.5. The smallest absolute Gasteiger partial charge is 0.200 e. The van der Waals surface area contributed by atoms with Gasteiger partial charge in [0.1, 0.15) is 6.10 Å². The molecule has 2 N–H and O–H groups in total. The van der Waals surface area contributed by atoms with Crippen LogP contribution in [0.2, 0.25) is 0 Å². The Morgan fingerprint density at radius 3 is 2.52 bits per heavy atom. The van der Waals surface area contributed by atoms with E-state index in [1.807, 2.05) is 31.2 Å². The largest absolute Gasteiger partial charge is 0.481 e. The van der Waals surface area contributed by atoms with E-state index in [2.05, 4.69) is 15.9 Å². The highest BCUT2D eigenvalue weighted by atomic mass is 79.9. The third-order valence-corrected chi connectivity index (χ3v) is 3.96. The van der Waals surface area contributed by atoms with Gasteiger partial charge in [0.2, 0.25) is 5.82 Å². The third-order valence-electron chi connectivity index (χ3n) is 3.24. The average Bonchev–Trinajstić information content (AvgIpc) is 2.49. The normalized spacial score (nSPS) is 13.8. The number of ether oxygens (including phenoxy) is 1. The Balaban J connectivity index is 2.38. The molecular formula is C16H16BrF2NO. The first-order valence-corrected chi connectivity index (χ1v) is 7.44. The molecule has 0 radical (unpaired) electrons. The minimum atomic E-state index is -1.00. The maximum atomic E-state index is 13.8. The zero-order chi connectivity index (χ0) is 15.4. The van der Waals surface area contributed by atoms with Gasteiger partial charge in [0.15, 0.2) is 11.6 Å². The Bertz CT molecular complexity index is 621. The summed E-state index contributed by atoms with van der Waals surface area (Å²) in [7, 11) is 0. The summed E-state index contributed by atoms with van der Waals surface area (Å²) in [5.41, 5.74) is 6.89. The molecule has 0 aliphatic heterocycles. The molecule has 2 unspecified atom stereocenters. The van der Waals surface area contributed by atoms with Gasteiger partial charge >= 0.3 is 0 Å². The standard InChI is InChI=1S/C16H16BrF2NO/c1-2-13(20)16(10-6-3-4-7-11(10)17)21-14-9-5-8-12(18)15(14)19/h3-9,13,16H,2,20H2,1H3. The first kappa shape index (κ1) is 15.9. The van der Waals surface area contributed by atoms with Crippen LogP contribution in [0.25, 0.3) is 0 Å². The van der Waals surface area contributed by atoms with Gasteiger partial charge in [-0.3, -0.25) is 0 Å². The van der Waals surface area contributed by atoms with Crippen molar-refractivity contribution in [1.82, 2.24) is 0 Å². The van der Waals surface area contributed by atoms with Crippen molar-refractivity contribution in [2.24, 2.45) is 5.73 Å². The lowest BCUT2D eigenvalue weighted by atomic mass is 10.0. The fourth-order valence-electron chi connectivity index (χ4n) is 2.01. The van der Waals surface area contributed by atoms with E-state index in [1.54, 1.807) is 0 Å². The van der Waals surface area contributed by atoms with Crippen LogP contribution in [-0.2, 0) is 0 Å². The first-order valence-electron chi connectivity index (χ1n) is 6.65. The van der Waals surface area contributed by atoms with Crippen molar-refractivity contribution in [1.29, 1.82) is 0 Å². The molecule has 0 aliphatic rings. The van der Waals surface area contributed by atoms with E-state index in [4.69, 9.17) is 10.5 Å². The first-order chi connectivity index (χ1) is 10.0. The van der Waals surface area contributed by atoms with Gasteiger partial charge in [-0.15, -0.1) is 0 Å². The highest BCUT2D eigenvalue weighted by Gasteiger charge is 2.24. The molecule has 0 saturated carbocycles. The van der Waals surface area contributed by atoms with Gasteiger partial charge in [-0.2, -0.15) is 4.39 Å². The summed E-state index contributed by atoms with van der Waals surface area (Å²) >= 11 is 3.44. The Hall–Kier alpha value is -1.46. The average molecular weight is 356 g/mol. The minimum absolute atomic E-state index is 0.139. The quantitative estimate of drug-likeness (QED) is 0.851. The van der Waals surface area contributed by atoms with Crippen LogP contribution in [0.3, 0.4) is 0 Å². The Kier molecular flexibility index (Phi) is 5.31. The lowest BCUT2D eigenvalue weighted by molar-refractivity contribution is 0.161. The number of benzene rings is 2. The van der Waals surface area contributed by atoms with Crippen LogP contribution < -0.4 is 10.5 Å². The molecule has 2 nitrogen and oxygen atoms in total. The summed E-state index contributed by atoms with van der Waals surface area (Å²) < 4.78 is 33.6. The van der Waals surface area contributed by atoms with Crippen LogP contribution in [0.4, 0.5) is 8.78 Å². The van der Waals surface area contributed by atoms with Gasteiger partial charge in [-0.25, -0.2) is 4.39 Å². The van der Waals surface area contributed by atoms with Gasteiger partial charge in [0.25, 0.3) is 0 Å². The number of rotatable bonds is 5. The molecule has 21 heavy (non-hydrogen) atoms. The van der Waals surface area contributed by atoms with Crippen molar-refractivity contribution < 1.29 is 13.5 Å². The van der Waals surface area contributed by atoms with Crippen LogP contribution in [0.5, 0.6) is 5.75 Å². The topological polar surface area (TPSA) is 35.2 Å². The molecule has 0 saturated heterocycles. The molecule has 0 heterocycles. The summed E-state index contributed by atoms with van der Waals surface area (Å²) in [5.74, 6) is -2.08. The summed E-state index contributed by atoms with van der Waals surface area (Å²) in [6, 6.07) is 10.9. The highest BCUT2D eigenvalue weighted by Crippen LogP contribution is 2.32. The second-order valence-electron chi connectivity index (χ2n) is 4.68. The van der Waals surface area contributed by atoms with Gasteiger partial charge in [0, 0.05) is 16.1 Å². The van der Waals surface area contributed by atoms with Gasteiger partial charge in [-0.1, -0.05) is 47.1 Å². The van der Waals surface area contributed by atoms with Crippen molar-refractivity contribution in [3.8, 4) is 5.75 Å². The molecular weight excluding hydrogens is 340 g/mol. The predicted molar refractivity (Wildman–Crippen MR) is 82.1 cm³/mol. The molecule has 2 aromatic rings. The van der Waals surface area contributed by atoms with E-state index < -0.39 is 17.7 Å². The Morgan fingerprint density at radius 2 is 1.86 bits per heavy atom. The van der Waals surface area contributed by atoms with Gasteiger partial charge in [-0.05, 0) is 24.6 Å². The van der Waals surface area contributed by atoms with E-state index in [9.17, 15) is 8.78 Å². The van der Waals surface area contributed by atoms with Crippen molar-refractivity contribution >= 4 is 15.9 Å². The highest BCUT2D eigenvalue weighted by molar-refractivity contribution is 9.10. The maximum Gasteiger partial charge on any atom is 0.200 e. The van der Waals surface area contributed by atoms with Gasteiger partial charge in [0.05, 0.1) is 0 Å². The molecule has 0 amide bonds. The maximum absolute atomic E-state index is 13.8. The molecule has 5 heteroatoms. The fourth-order valence-corrected chi connectivity index (χ4v) is 2.52. The zero-order valence-corrected chi connectivity index (χ0v) is 13.1. The Labute approximate surface area is 131 Å². The molecule has 0 aliphatic carbocycles. The van der Waals surface area contributed by atoms with Crippen molar-refractivity contribution in [3.63, 3.8) is 0 Å². The van der Waals surface area contributed by atoms with Crippen molar-refractivity contribution in [3.05, 3.63) is 64.1 Å². The van der Waals surface area contributed by atoms with Crippen LogP contribution in [-0.4, -0.2) is 6.04 Å². The van der Waals surface area contributed by atoms with E-state index in [1.165, 1.54) is 12.1 Å². The minimum Gasteiger partial charge on any atom is -0.481 e. The molecule has 0 bridgehead atoms. The number of hydrogen-bond donors (Lipinski definition) is 1. The summed E-state index contributed by atoms with van der Waals surface area (Å²) in [6.07, 6.45) is 0.0741. The lowest BCUT2D eigenvalue weighted by Crippen LogP contribution is -2.32. The summed E-state index contributed by atoms with van der Waals surface area (Å²) in [4.78, 5) is 0. The second kappa shape index (κ2) is 7.00. The summed E-state index contributed by atoms with van der Waals surface area (Å²) in [6.45, 7) is 1.92. The number of halogens is 3. The van der Waals surface area contributed by atoms with Crippen molar-refractivity contribution in [2.75, 3.05) is 0 Å². The molecule has 112 valence electrons. The third kappa shape index (κ3) is 3.60.